The maximum atomic E-state index is 13.5. The van der Waals surface area contributed by atoms with Crippen molar-refractivity contribution < 1.29 is 18.7 Å². The summed E-state index contributed by atoms with van der Waals surface area (Å²) < 4.78 is 18.3. The number of carbonyl (C=O) groups is 2. The van der Waals surface area contributed by atoms with Gasteiger partial charge in [-0.05, 0) is 36.6 Å². The Morgan fingerprint density at radius 1 is 1.41 bits per heavy atom. The first-order valence-electron chi connectivity index (χ1n) is 6.42. The summed E-state index contributed by atoms with van der Waals surface area (Å²) in [7, 11) is 0. The molecule has 116 valence electrons. The van der Waals surface area contributed by atoms with E-state index >= 15 is 0 Å². The molecule has 7 heteroatoms. The molecular weight excluding hydrogens is 329 g/mol. The Hall–Kier alpha value is -1.92. The van der Waals surface area contributed by atoms with E-state index in [1.807, 2.05) is 24.4 Å². The van der Waals surface area contributed by atoms with Gasteiger partial charge in [0, 0.05) is 9.90 Å². The van der Waals surface area contributed by atoms with Gasteiger partial charge in [-0.3, -0.25) is 4.79 Å². The average Bonchev–Trinajstić information content (AvgIpc) is 3.01. The fourth-order valence-corrected chi connectivity index (χ4v) is 2.66. The molecule has 0 saturated heterocycles. The van der Waals surface area contributed by atoms with Crippen LogP contribution in [0.1, 0.15) is 28.2 Å². The van der Waals surface area contributed by atoms with Crippen LogP contribution in [0.25, 0.3) is 0 Å². The summed E-state index contributed by atoms with van der Waals surface area (Å²) in [4.78, 5) is 24.5. The summed E-state index contributed by atoms with van der Waals surface area (Å²) in [6, 6.07) is 7.13. The molecule has 1 aromatic carbocycles. The third-order valence-electron chi connectivity index (χ3n) is 2.83. The molecule has 4 nitrogen and oxygen atoms in total. The first-order chi connectivity index (χ1) is 10.5. The molecule has 0 spiro atoms. The van der Waals surface area contributed by atoms with Gasteiger partial charge in [-0.2, -0.15) is 0 Å². The fraction of sp³-hybridized carbons (Fsp3) is 0.200. The van der Waals surface area contributed by atoms with Gasteiger partial charge in [0.25, 0.3) is 5.91 Å². The molecular formula is C15H13ClFNO3S. The first-order valence-corrected chi connectivity index (χ1v) is 7.68. The van der Waals surface area contributed by atoms with Gasteiger partial charge in [0.1, 0.15) is 5.82 Å². The molecule has 1 heterocycles. The summed E-state index contributed by atoms with van der Waals surface area (Å²) >= 11 is 7.21. The topological polar surface area (TPSA) is 55.4 Å². The largest absolute Gasteiger partial charge is 0.452 e. The van der Waals surface area contributed by atoms with Gasteiger partial charge in [-0.1, -0.05) is 17.7 Å². The quantitative estimate of drug-likeness (QED) is 0.846. The number of benzene rings is 1. The molecule has 1 N–H and O–H groups in total. The predicted octanol–water partition coefficient (Wildman–Crippen LogP) is 3.57. The second kappa shape index (κ2) is 7.38. The van der Waals surface area contributed by atoms with Crippen molar-refractivity contribution in [1.82, 2.24) is 5.32 Å². The molecule has 0 saturated carbocycles. The molecule has 0 unspecified atom stereocenters. The maximum Gasteiger partial charge on any atom is 0.341 e. The molecule has 1 aromatic heterocycles. The van der Waals surface area contributed by atoms with Crippen LogP contribution in [0.2, 0.25) is 5.02 Å². The third-order valence-corrected chi connectivity index (χ3v) is 4.12. The summed E-state index contributed by atoms with van der Waals surface area (Å²) in [5.74, 6) is -2.14. The lowest BCUT2D eigenvalue weighted by Gasteiger charge is -2.12. The Bertz CT molecular complexity index is 675. The number of hydrogen-bond acceptors (Lipinski definition) is 4. The standard InChI is InChI=1S/C15H13ClFNO3S/c1-9(13-3-2-6-22-13)18-14(19)8-21-15(20)11-7-10(16)4-5-12(11)17/h2-7,9H,8H2,1H3,(H,18,19)/t9-/m0/s1. The van der Waals surface area contributed by atoms with Gasteiger partial charge in [-0.15, -0.1) is 11.3 Å². The number of carbonyl (C=O) groups excluding carboxylic acids is 2. The second-order valence-corrected chi connectivity index (χ2v) is 5.92. The van der Waals surface area contributed by atoms with Crippen LogP contribution in [0, 0.1) is 5.82 Å². The molecule has 22 heavy (non-hydrogen) atoms. The zero-order valence-corrected chi connectivity index (χ0v) is 13.2. The number of hydrogen-bond donors (Lipinski definition) is 1. The zero-order chi connectivity index (χ0) is 16.1. The molecule has 1 atom stereocenters. The summed E-state index contributed by atoms with van der Waals surface area (Å²) in [5.41, 5.74) is -0.299. The third kappa shape index (κ3) is 4.29. The molecule has 0 aliphatic rings. The van der Waals surface area contributed by atoms with Crippen molar-refractivity contribution >= 4 is 34.8 Å². The van der Waals surface area contributed by atoms with Crippen LogP contribution < -0.4 is 5.32 Å². The molecule has 2 aromatic rings. The van der Waals surface area contributed by atoms with E-state index in [2.05, 4.69) is 5.32 Å². The SMILES string of the molecule is C[C@H](NC(=O)COC(=O)c1cc(Cl)ccc1F)c1cccs1. The molecule has 0 aliphatic carbocycles. The highest BCUT2D eigenvalue weighted by atomic mass is 35.5. The van der Waals surface area contributed by atoms with E-state index in [-0.39, 0.29) is 16.6 Å². The van der Waals surface area contributed by atoms with Crippen LogP contribution >= 0.6 is 22.9 Å². The summed E-state index contributed by atoms with van der Waals surface area (Å²) in [5, 5.41) is 4.80. The number of esters is 1. The summed E-state index contributed by atoms with van der Waals surface area (Å²) in [6.45, 7) is 1.34. The van der Waals surface area contributed by atoms with Crippen molar-refractivity contribution in [3.05, 3.63) is 57.0 Å². The molecule has 0 radical (unpaired) electrons. The first kappa shape index (κ1) is 16.5. The molecule has 0 bridgehead atoms. The van der Waals surface area contributed by atoms with Crippen molar-refractivity contribution in [2.45, 2.75) is 13.0 Å². The van der Waals surface area contributed by atoms with E-state index in [0.717, 1.165) is 17.0 Å². The van der Waals surface area contributed by atoms with Gasteiger partial charge in [0.2, 0.25) is 0 Å². The van der Waals surface area contributed by atoms with Crippen LogP contribution in [-0.2, 0) is 9.53 Å². The number of amides is 1. The van der Waals surface area contributed by atoms with Crippen LogP contribution in [-0.4, -0.2) is 18.5 Å². The van der Waals surface area contributed by atoms with Gasteiger partial charge in [0.15, 0.2) is 6.61 Å². The van der Waals surface area contributed by atoms with Crippen LogP contribution in [0.4, 0.5) is 4.39 Å². The van der Waals surface area contributed by atoms with Gasteiger partial charge >= 0.3 is 5.97 Å². The minimum Gasteiger partial charge on any atom is -0.452 e. The van der Waals surface area contributed by atoms with E-state index in [4.69, 9.17) is 16.3 Å². The number of ether oxygens (including phenoxy) is 1. The fourth-order valence-electron chi connectivity index (χ4n) is 1.75. The minimum atomic E-state index is -0.932. The highest BCUT2D eigenvalue weighted by molar-refractivity contribution is 7.10. The van der Waals surface area contributed by atoms with E-state index in [0.29, 0.717) is 0 Å². The van der Waals surface area contributed by atoms with Gasteiger partial charge in [-0.25, -0.2) is 9.18 Å². The Kier molecular flexibility index (Phi) is 5.51. The lowest BCUT2D eigenvalue weighted by molar-refractivity contribution is -0.124. The Balaban J connectivity index is 1.88. The smallest absolute Gasteiger partial charge is 0.341 e. The van der Waals surface area contributed by atoms with Crippen molar-refractivity contribution in [1.29, 1.82) is 0 Å². The van der Waals surface area contributed by atoms with Gasteiger partial charge in [0.05, 0.1) is 11.6 Å². The van der Waals surface area contributed by atoms with Crippen LogP contribution in [0.15, 0.2) is 35.7 Å². The predicted molar refractivity (Wildman–Crippen MR) is 82.6 cm³/mol. The molecule has 2 rings (SSSR count). The highest BCUT2D eigenvalue weighted by Gasteiger charge is 2.16. The van der Waals surface area contributed by atoms with Crippen molar-refractivity contribution in [3.63, 3.8) is 0 Å². The molecule has 0 fully saturated rings. The Labute approximate surface area is 135 Å². The lowest BCUT2D eigenvalue weighted by atomic mass is 10.2. The molecule has 0 aliphatic heterocycles. The van der Waals surface area contributed by atoms with Gasteiger partial charge < -0.3 is 10.1 Å². The van der Waals surface area contributed by atoms with Crippen molar-refractivity contribution in [2.75, 3.05) is 6.61 Å². The lowest BCUT2D eigenvalue weighted by Crippen LogP contribution is -2.30. The minimum absolute atomic E-state index is 0.186. The van der Waals surface area contributed by atoms with Crippen LogP contribution in [0.3, 0.4) is 0 Å². The Morgan fingerprint density at radius 3 is 2.86 bits per heavy atom. The van der Waals surface area contributed by atoms with Crippen molar-refractivity contribution in [2.24, 2.45) is 0 Å². The van der Waals surface area contributed by atoms with E-state index < -0.39 is 24.3 Å². The van der Waals surface area contributed by atoms with E-state index in [9.17, 15) is 14.0 Å². The number of thiophene rings is 1. The van der Waals surface area contributed by atoms with E-state index in [1.165, 1.54) is 17.4 Å². The highest BCUT2D eigenvalue weighted by Crippen LogP contribution is 2.18. The normalized spacial score (nSPS) is 11.8. The number of nitrogens with one attached hydrogen (secondary N) is 1. The summed E-state index contributed by atoms with van der Waals surface area (Å²) in [6.07, 6.45) is 0. The monoisotopic (exact) mass is 341 g/mol. The van der Waals surface area contributed by atoms with Crippen molar-refractivity contribution in [3.8, 4) is 0 Å². The molecule has 1 amide bonds. The average molecular weight is 342 g/mol. The van der Waals surface area contributed by atoms with E-state index in [1.54, 1.807) is 0 Å². The number of halogens is 2. The maximum absolute atomic E-state index is 13.5. The number of rotatable bonds is 5. The Morgan fingerprint density at radius 2 is 2.18 bits per heavy atom. The zero-order valence-electron chi connectivity index (χ0n) is 11.6. The second-order valence-electron chi connectivity index (χ2n) is 4.50. The van der Waals surface area contributed by atoms with Crippen LogP contribution in [0.5, 0.6) is 0 Å².